The van der Waals surface area contributed by atoms with Crippen LogP contribution in [0.25, 0.3) is 5.69 Å². The molecule has 0 saturated carbocycles. The lowest BCUT2D eigenvalue weighted by Crippen LogP contribution is -2.05. The first kappa shape index (κ1) is 26.6. The molecule has 1 aromatic heterocycles. The van der Waals surface area contributed by atoms with Crippen LogP contribution in [0.5, 0.6) is 0 Å². The SMILES string of the molecule is C/C=C\C(C)c1nc(C(F)(F)F)cn1-c1ccc(S(C)(=O)=O)cc1.C=NC.CC. The number of halogens is 3. The van der Waals surface area contributed by atoms with Gasteiger partial charge in [-0.2, -0.15) is 13.2 Å². The average Bonchev–Trinajstić information content (AvgIpc) is 3.10. The van der Waals surface area contributed by atoms with Gasteiger partial charge in [-0.3, -0.25) is 0 Å². The third-order valence-corrected chi connectivity index (χ3v) is 4.58. The molecular formula is C20H28F3N3O2S. The van der Waals surface area contributed by atoms with Gasteiger partial charge in [0, 0.05) is 31.1 Å². The second kappa shape index (κ2) is 11.5. The largest absolute Gasteiger partial charge is 0.434 e. The predicted molar refractivity (Wildman–Crippen MR) is 112 cm³/mol. The Labute approximate surface area is 170 Å². The molecule has 0 amide bonds. The first-order valence-electron chi connectivity index (χ1n) is 8.90. The van der Waals surface area contributed by atoms with Crippen LogP contribution in [0.3, 0.4) is 0 Å². The third-order valence-electron chi connectivity index (χ3n) is 3.46. The molecule has 0 saturated heterocycles. The molecule has 2 rings (SSSR count). The molecule has 0 aliphatic heterocycles. The van der Waals surface area contributed by atoms with Crippen LogP contribution in [0.4, 0.5) is 13.2 Å². The second-order valence-corrected chi connectivity index (χ2v) is 7.76. The van der Waals surface area contributed by atoms with Crippen molar-refractivity contribution < 1.29 is 21.6 Å². The van der Waals surface area contributed by atoms with Gasteiger partial charge >= 0.3 is 6.18 Å². The number of aromatic nitrogens is 2. The highest BCUT2D eigenvalue weighted by Gasteiger charge is 2.35. The van der Waals surface area contributed by atoms with E-state index in [4.69, 9.17) is 0 Å². The smallest absolute Gasteiger partial charge is 0.304 e. The molecule has 2 aromatic rings. The van der Waals surface area contributed by atoms with E-state index in [1.165, 1.54) is 28.8 Å². The number of sulfone groups is 1. The summed E-state index contributed by atoms with van der Waals surface area (Å²) in [5.41, 5.74) is -0.571. The molecule has 5 nitrogen and oxygen atoms in total. The fraction of sp³-hybridized carbons (Fsp3) is 0.400. The number of imidazole rings is 1. The molecule has 9 heteroatoms. The zero-order chi connectivity index (χ0) is 22.8. The maximum atomic E-state index is 13.0. The number of hydrogen-bond donors (Lipinski definition) is 0. The van der Waals surface area contributed by atoms with Crippen molar-refractivity contribution >= 4 is 16.6 Å². The summed E-state index contributed by atoms with van der Waals surface area (Å²) in [6.45, 7) is 10.6. The van der Waals surface area contributed by atoms with E-state index in [1.54, 1.807) is 33.0 Å². The van der Waals surface area contributed by atoms with E-state index in [2.05, 4.69) is 16.7 Å². The maximum absolute atomic E-state index is 13.0. The molecule has 0 spiro atoms. The number of allylic oxidation sites excluding steroid dienone is 2. The zero-order valence-corrected chi connectivity index (χ0v) is 18.3. The number of hydrogen-bond acceptors (Lipinski definition) is 4. The van der Waals surface area contributed by atoms with Gasteiger partial charge in [0.15, 0.2) is 15.5 Å². The summed E-state index contributed by atoms with van der Waals surface area (Å²) >= 11 is 0. The number of aliphatic imine (C=N–C) groups is 1. The van der Waals surface area contributed by atoms with Gasteiger partial charge in [0.25, 0.3) is 0 Å². The van der Waals surface area contributed by atoms with Crippen LogP contribution < -0.4 is 0 Å². The van der Waals surface area contributed by atoms with E-state index < -0.39 is 21.7 Å². The lowest BCUT2D eigenvalue weighted by atomic mass is 10.1. The van der Waals surface area contributed by atoms with Crippen molar-refractivity contribution in [2.45, 2.75) is 44.7 Å². The molecule has 162 valence electrons. The molecule has 29 heavy (non-hydrogen) atoms. The van der Waals surface area contributed by atoms with Gasteiger partial charge in [-0.25, -0.2) is 13.4 Å². The molecule has 1 heterocycles. The fourth-order valence-electron chi connectivity index (χ4n) is 2.29. The van der Waals surface area contributed by atoms with E-state index >= 15 is 0 Å². The van der Waals surface area contributed by atoms with Crippen LogP contribution in [0, 0.1) is 0 Å². The number of rotatable bonds is 4. The molecule has 1 unspecified atom stereocenters. The summed E-state index contributed by atoms with van der Waals surface area (Å²) in [6.07, 6.45) is 0.918. The van der Waals surface area contributed by atoms with Crippen LogP contribution >= 0.6 is 0 Å². The minimum Gasteiger partial charge on any atom is -0.304 e. The quantitative estimate of drug-likeness (QED) is 0.486. The van der Waals surface area contributed by atoms with Gasteiger partial charge < -0.3 is 9.56 Å². The highest BCUT2D eigenvalue weighted by Crippen LogP contribution is 2.31. The van der Waals surface area contributed by atoms with E-state index in [0.29, 0.717) is 5.69 Å². The maximum Gasteiger partial charge on any atom is 0.434 e. The minimum atomic E-state index is -4.55. The van der Waals surface area contributed by atoms with Gasteiger partial charge in [-0.1, -0.05) is 32.9 Å². The van der Waals surface area contributed by atoms with Gasteiger partial charge in [-0.15, -0.1) is 0 Å². The van der Waals surface area contributed by atoms with Crippen molar-refractivity contribution in [3.8, 4) is 5.69 Å². The molecule has 0 radical (unpaired) electrons. The Morgan fingerprint density at radius 3 is 2.07 bits per heavy atom. The molecule has 0 bridgehead atoms. The van der Waals surface area contributed by atoms with Crippen molar-refractivity contribution in [1.29, 1.82) is 0 Å². The highest BCUT2D eigenvalue weighted by atomic mass is 32.2. The Morgan fingerprint density at radius 1 is 1.21 bits per heavy atom. The van der Waals surface area contributed by atoms with Crippen molar-refractivity contribution in [2.75, 3.05) is 13.3 Å². The summed E-state index contributed by atoms with van der Waals surface area (Å²) in [6, 6.07) is 5.65. The summed E-state index contributed by atoms with van der Waals surface area (Å²) in [7, 11) is -1.73. The lowest BCUT2D eigenvalue weighted by Gasteiger charge is -2.11. The minimum absolute atomic E-state index is 0.102. The molecule has 0 fully saturated rings. The standard InChI is InChI=1S/C16H17F3N2O2S.C2H5N.C2H6/c1-4-5-11(2)15-20-14(16(17,18)19)10-21(15)12-6-8-13(9-7-12)24(3,22)23;1-3-2;1-2/h4-11H,1-3H3;1H2,2H3;1-2H3/b5-4-;;. The van der Waals surface area contributed by atoms with Crippen LogP contribution in [-0.4, -0.2) is 38.0 Å². The first-order valence-corrected chi connectivity index (χ1v) is 10.8. The Kier molecular flexibility index (Phi) is 10.6. The Bertz CT molecular complexity index is 900. The molecule has 0 aliphatic carbocycles. The van der Waals surface area contributed by atoms with Crippen molar-refractivity contribution in [1.82, 2.24) is 9.55 Å². The van der Waals surface area contributed by atoms with Gasteiger partial charge in [0.05, 0.1) is 4.90 Å². The average molecular weight is 432 g/mol. The molecular weight excluding hydrogens is 403 g/mol. The van der Waals surface area contributed by atoms with Crippen molar-refractivity contribution in [3.63, 3.8) is 0 Å². The van der Waals surface area contributed by atoms with E-state index in [0.717, 1.165) is 12.5 Å². The molecule has 0 aliphatic rings. The Morgan fingerprint density at radius 2 is 1.69 bits per heavy atom. The normalized spacial score (nSPS) is 12.4. The number of nitrogens with zero attached hydrogens (tertiary/aromatic N) is 3. The Balaban J connectivity index is 0.00000143. The summed E-state index contributed by atoms with van der Waals surface area (Å²) in [5, 5.41) is 0. The highest BCUT2D eigenvalue weighted by molar-refractivity contribution is 7.90. The molecule has 1 atom stereocenters. The van der Waals surface area contributed by atoms with Crippen molar-refractivity contribution in [2.24, 2.45) is 4.99 Å². The van der Waals surface area contributed by atoms with Gasteiger partial charge in [-0.05, 0) is 37.9 Å². The van der Waals surface area contributed by atoms with Crippen LogP contribution in [-0.2, 0) is 16.0 Å². The molecule has 0 N–H and O–H groups in total. The van der Waals surface area contributed by atoms with Crippen LogP contribution in [0.1, 0.15) is 45.1 Å². The fourth-order valence-corrected chi connectivity index (χ4v) is 2.92. The van der Waals surface area contributed by atoms with Crippen LogP contribution in [0.15, 0.2) is 52.5 Å². The number of benzene rings is 1. The van der Waals surface area contributed by atoms with Gasteiger partial charge in [0.2, 0.25) is 0 Å². The van der Waals surface area contributed by atoms with Crippen molar-refractivity contribution in [3.05, 3.63) is 54.1 Å². The lowest BCUT2D eigenvalue weighted by molar-refractivity contribution is -0.141. The van der Waals surface area contributed by atoms with E-state index in [-0.39, 0.29) is 16.6 Å². The summed E-state index contributed by atoms with van der Waals surface area (Å²) in [4.78, 5) is 7.07. The topological polar surface area (TPSA) is 64.3 Å². The van der Waals surface area contributed by atoms with Gasteiger partial charge in [0.1, 0.15) is 5.82 Å². The van der Waals surface area contributed by atoms with Crippen LogP contribution in [0.2, 0.25) is 0 Å². The second-order valence-electron chi connectivity index (χ2n) is 5.75. The first-order chi connectivity index (χ1) is 13.5. The number of alkyl halides is 3. The monoisotopic (exact) mass is 431 g/mol. The third kappa shape index (κ3) is 7.84. The van der Waals surface area contributed by atoms with E-state index in [1.807, 2.05) is 13.8 Å². The summed E-state index contributed by atoms with van der Waals surface area (Å²) < 4.78 is 63.3. The van der Waals surface area contributed by atoms with E-state index in [9.17, 15) is 21.6 Å². The Hall–Kier alpha value is -2.42. The molecule has 1 aromatic carbocycles. The predicted octanol–water partition coefficient (Wildman–Crippen LogP) is 5.32. The summed E-state index contributed by atoms with van der Waals surface area (Å²) in [5.74, 6) is -0.104. The zero-order valence-electron chi connectivity index (χ0n) is 17.5.